The van der Waals surface area contributed by atoms with Gasteiger partial charge >= 0.3 is 0 Å². The number of ether oxygens (including phenoxy) is 1. The number of amides is 1. The molecule has 0 atom stereocenters. The zero-order valence-electron chi connectivity index (χ0n) is 14.8. The lowest BCUT2D eigenvalue weighted by Gasteiger charge is -2.19. The topological polar surface area (TPSA) is 76.1 Å². The van der Waals surface area contributed by atoms with E-state index in [4.69, 9.17) is 4.74 Å². The van der Waals surface area contributed by atoms with Crippen LogP contribution in [0.1, 0.15) is 40.8 Å². The molecule has 0 bridgehead atoms. The lowest BCUT2D eigenvalue weighted by molar-refractivity contribution is 0.0940. The highest BCUT2D eigenvalue weighted by Crippen LogP contribution is 2.22. The molecule has 1 amide bonds. The van der Waals surface area contributed by atoms with Crippen molar-refractivity contribution in [3.63, 3.8) is 0 Å². The summed E-state index contributed by atoms with van der Waals surface area (Å²) in [7, 11) is 0. The zero-order valence-corrected chi connectivity index (χ0v) is 14.8. The number of carbonyl (C=O) groups is 1. The second-order valence-corrected chi connectivity index (χ2v) is 6.09. The van der Waals surface area contributed by atoms with Crippen molar-refractivity contribution in [1.29, 1.82) is 0 Å². The predicted molar refractivity (Wildman–Crippen MR) is 97.2 cm³/mol. The number of nitrogens with zero attached hydrogens (tertiary/aromatic N) is 2. The minimum absolute atomic E-state index is 0.117. The third-order valence-corrected chi connectivity index (χ3v) is 4.12. The van der Waals surface area contributed by atoms with Crippen molar-refractivity contribution in [2.45, 2.75) is 33.1 Å². The smallest absolute Gasteiger partial charge is 0.270 e. The van der Waals surface area contributed by atoms with Gasteiger partial charge in [0.2, 0.25) is 0 Å². The molecular weight excluding hydrogens is 316 g/mol. The first-order valence-electron chi connectivity index (χ1n) is 8.79. The van der Waals surface area contributed by atoms with Gasteiger partial charge in [0.25, 0.3) is 5.91 Å². The van der Waals surface area contributed by atoms with Gasteiger partial charge in [-0.3, -0.25) is 4.79 Å². The third kappa shape index (κ3) is 4.07. The van der Waals surface area contributed by atoms with Gasteiger partial charge in [-0.25, -0.2) is 9.97 Å². The van der Waals surface area contributed by atoms with Crippen LogP contribution < -0.4 is 15.4 Å². The van der Waals surface area contributed by atoms with E-state index in [1.807, 2.05) is 18.2 Å². The number of rotatable bonds is 7. The van der Waals surface area contributed by atoms with Crippen molar-refractivity contribution in [3.05, 3.63) is 46.9 Å². The largest absolute Gasteiger partial charge is 0.493 e. The van der Waals surface area contributed by atoms with Crippen LogP contribution in [0.4, 0.5) is 5.82 Å². The molecule has 0 radical (unpaired) electrons. The van der Waals surface area contributed by atoms with Crippen molar-refractivity contribution in [1.82, 2.24) is 15.3 Å². The zero-order chi connectivity index (χ0) is 17.6. The fraction of sp³-hybridized carbons (Fsp3) is 0.421. The van der Waals surface area contributed by atoms with Crippen LogP contribution in [0, 0.1) is 6.92 Å². The maximum Gasteiger partial charge on any atom is 0.270 e. The number of hydrogen-bond donors (Lipinski definition) is 2. The molecule has 1 aromatic carbocycles. The highest BCUT2D eigenvalue weighted by atomic mass is 16.5. The van der Waals surface area contributed by atoms with Gasteiger partial charge in [0, 0.05) is 18.7 Å². The average Bonchev–Trinajstić information content (AvgIpc) is 2.62. The number of benzene rings is 1. The Kier molecular flexibility index (Phi) is 5.48. The summed E-state index contributed by atoms with van der Waals surface area (Å²) in [4.78, 5) is 20.8. The van der Waals surface area contributed by atoms with Crippen LogP contribution in [0.3, 0.4) is 0 Å². The maximum absolute atomic E-state index is 12.0. The van der Waals surface area contributed by atoms with E-state index in [-0.39, 0.29) is 5.91 Å². The third-order valence-electron chi connectivity index (χ3n) is 4.12. The van der Waals surface area contributed by atoms with Crippen LogP contribution >= 0.6 is 0 Å². The van der Waals surface area contributed by atoms with Gasteiger partial charge < -0.3 is 15.4 Å². The molecule has 1 aliphatic rings. The van der Waals surface area contributed by atoms with Crippen LogP contribution in [-0.4, -0.2) is 35.6 Å². The Hall–Kier alpha value is -2.63. The molecule has 2 heterocycles. The van der Waals surface area contributed by atoms with E-state index in [1.54, 1.807) is 6.92 Å². The summed E-state index contributed by atoms with van der Waals surface area (Å²) in [5.41, 5.74) is 2.57. The molecule has 3 rings (SSSR count). The Bertz CT molecular complexity index is 761. The van der Waals surface area contributed by atoms with Crippen molar-refractivity contribution in [2.75, 3.05) is 25.0 Å². The van der Waals surface area contributed by atoms with E-state index in [2.05, 4.69) is 33.6 Å². The van der Waals surface area contributed by atoms with Gasteiger partial charge in [-0.2, -0.15) is 0 Å². The first kappa shape index (κ1) is 17.2. The summed E-state index contributed by atoms with van der Waals surface area (Å²) in [6.07, 6.45) is 2.56. The minimum Gasteiger partial charge on any atom is -0.493 e. The van der Waals surface area contributed by atoms with Gasteiger partial charge in [0.05, 0.1) is 6.61 Å². The molecular formula is C19H24N4O2. The second-order valence-electron chi connectivity index (χ2n) is 6.09. The molecule has 6 heteroatoms. The SMILES string of the molecule is CCCOc1ccccc1CCNc1nc(C)nc2c1CCNC2=O. The molecule has 132 valence electrons. The summed E-state index contributed by atoms with van der Waals surface area (Å²) in [5, 5.41) is 6.21. The summed E-state index contributed by atoms with van der Waals surface area (Å²) in [6.45, 7) is 5.97. The Morgan fingerprint density at radius 3 is 2.96 bits per heavy atom. The Balaban J connectivity index is 1.70. The monoisotopic (exact) mass is 340 g/mol. The van der Waals surface area contributed by atoms with Gasteiger partial charge in [-0.05, 0) is 37.8 Å². The van der Waals surface area contributed by atoms with Gasteiger partial charge in [0.1, 0.15) is 23.1 Å². The number of aromatic nitrogens is 2. The molecule has 0 fully saturated rings. The molecule has 2 aromatic rings. The van der Waals surface area contributed by atoms with E-state index in [0.717, 1.165) is 49.5 Å². The minimum atomic E-state index is -0.117. The number of hydrogen-bond acceptors (Lipinski definition) is 5. The fourth-order valence-corrected chi connectivity index (χ4v) is 2.93. The lowest BCUT2D eigenvalue weighted by atomic mass is 10.1. The van der Waals surface area contributed by atoms with E-state index < -0.39 is 0 Å². The molecule has 0 aliphatic carbocycles. The molecule has 2 N–H and O–H groups in total. The number of aryl methyl sites for hydroxylation is 1. The van der Waals surface area contributed by atoms with Crippen LogP contribution in [-0.2, 0) is 12.8 Å². The predicted octanol–water partition coefficient (Wildman–Crippen LogP) is 2.51. The number of fused-ring (bicyclic) bond motifs is 1. The average molecular weight is 340 g/mol. The highest BCUT2D eigenvalue weighted by molar-refractivity contribution is 5.95. The molecule has 6 nitrogen and oxygen atoms in total. The number of anilines is 1. The van der Waals surface area contributed by atoms with Crippen molar-refractivity contribution < 1.29 is 9.53 Å². The number of para-hydroxylation sites is 1. The molecule has 1 aromatic heterocycles. The van der Waals surface area contributed by atoms with Gasteiger partial charge in [-0.15, -0.1) is 0 Å². The first-order valence-corrected chi connectivity index (χ1v) is 8.79. The fourth-order valence-electron chi connectivity index (χ4n) is 2.93. The molecule has 0 saturated heterocycles. The van der Waals surface area contributed by atoms with E-state index >= 15 is 0 Å². The number of nitrogens with one attached hydrogen (secondary N) is 2. The quantitative estimate of drug-likeness (QED) is 0.810. The van der Waals surface area contributed by atoms with E-state index in [1.165, 1.54) is 5.56 Å². The van der Waals surface area contributed by atoms with Crippen LogP contribution in [0.15, 0.2) is 24.3 Å². The van der Waals surface area contributed by atoms with Crippen molar-refractivity contribution in [2.24, 2.45) is 0 Å². The van der Waals surface area contributed by atoms with E-state index in [9.17, 15) is 4.79 Å². The summed E-state index contributed by atoms with van der Waals surface area (Å²) in [6, 6.07) is 8.10. The van der Waals surface area contributed by atoms with Gasteiger partial charge in [0.15, 0.2) is 0 Å². The molecule has 0 saturated carbocycles. The lowest BCUT2D eigenvalue weighted by Crippen LogP contribution is -2.34. The highest BCUT2D eigenvalue weighted by Gasteiger charge is 2.22. The van der Waals surface area contributed by atoms with Crippen LogP contribution in [0.25, 0.3) is 0 Å². The van der Waals surface area contributed by atoms with Crippen LogP contribution in [0.5, 0.6) is 5.75 Å². The molecule has 25 heavy (non-hydrogen) atoms. The maximum atomic E-state index is 12.0. The van der Waals surface area contributed by atoms with Crippen molar-refractivity contribution in [3.8, 4) is 5.75 Å². The Morgan fingerprint density at radius 2 is 2.12 bits per heavy atom. The second kappa shape index (κ2) is 7.96. The first-order chi connectivity index (χ1) is 12.2. The van der Waals surface area contributed by atoms with Gasteiger partial charge in [-0.1, -0.05) is 25.1 Å². The molecule has 1 aliphatic heterocycles. The van der Waals surface area contributed by atoms with Crippen molar-refractivity contribution >= 4 is 11.7 Å². The standard InChI is InChI=1S/C19H24N4O2/c1-3-12-25-16-7-5-4-6-14(16)8-10-20-18-15-9-11-21-19(24)17(15)22-13(2)23-18/h4-7H,3,8-12H2,1-2H3,(H,21,24)(H,20,22,23). The summed E-state index contributed by atoms with van der Waals surface area (Å²) < 4.78 is 5.81. The van der Waals surface area contributed by atoms with E-state index in [0.29, 0.717) is 18.1 Å². The molecule has 0 spiro atoms. The summed E-state index contributed by atoms with van der Waals surface area (Å²) >= 11 is 0. The Morgan fingerprint density at radius 1 is 1.28 bits per heavy atom. The van der Waals surface area contributed by atoms with Crippen LogP contribution in [0.2, 0.25) is 0 Å². The Labute approximate surface area is 148 Å². The number of carbonyl (C=O) groups excluding carboxylic acids is 1. The normalized spacial score (nSPS) is 13.1. The summed E-state index contributed by atoms with van der Waals surface area (Å²) in [5.74, 6) is 2.19. The molecule has 0 unspecified atom stereocenters.